The minimum absolute atomic E-state index is 0.0637. The molecule has 0 bridgehead atoms. The zero-order valence-corrected chi connectivity index (χ0v) is 9.82. The number of hydrogen-bond donors (Lipinski definition) is 1. The molecule has 4 heteroatoms. The lowest BCUT2D eigenvalue weighted by molar-refractivity contribution is 0.557. The van der Waals surface area contributed by atoms with Gasteiger partial charge in [0.2, 0.25) is 0 Å². The smallest absolute Gasteiger partial charge is 0.152 e. The van der Waals surface area contributed by atoms with E-state index in [9.17, 15) is 8.42 Å². The summed E-state index contributed by atoms with van der Waals surface area (Å²) in [4.78, 5) is 0. The lowest BCUT2D eigenvalue weighted by atomic mass is 10.3. The molecular weight excluding hydrogens is 186 g/mol. The fraction of sp³-hybridized carbons (Fsp3) is 1.00. The predicted octanol–water partition coefficient (Wildman–Crippen LogP) is 1.06. The second-order valence-electron chi connectivity index (χ2n) is 3.93. The van der Waals surface area contributed by atoms with Gasteiger partial charge in [-0.05, 0) is 19.4 Å². The minimum Gasteiger partial charge on any atom is -0.314 e. The molecule has 1 N–H and O–H groups in total. The average Bonchev–Trinajstić information content (AvgIpc) is 1.81. The van der Waals surface area contributed by atoms with E-state index in [2.05, 4.69) is 5.32 Å². The molecule has 1 unspecified atom stereocenters. The van der Waals surface area contributed by atoms with Crippen molar-refractivity contribution in [2.75, 3.05) is 18.1 Å². The second-order valence-corrected chi connectivity index (χ2v) is 6.08. The molecule has 0 amide bonds. The molecule has 0 spiro atoms. The van der Waals surface area contributed by atoms with Gasteiger partial charge in [0.15, 0.2) is 9.84 Å². The topological polar surface area (TPSA) is 46.2 Å². The van der Waals surface area contributed by atoms with Gasteiger partial charge in [-0.1, -0.05) is 20.8 Å². The van der Waals surface area contributed by atoms with Crippen LogP contribution in [0.3, 0.4) is 0 Å². The lowest BCUT2D eigenvalue weighted by Crippen LogP contribution is -2.34. The highest BCUT2D eigenvalue weighted by molar-refractivity contribution is 7.91. The van der Waals surface area contributed by atoms with Gasteiger partial charge in [-0.3, -0.25) is 0 Å². The fourth-order valence-corrected chi connectivity index (χ4v) is 3.40. The highest BCUT2D eigenvalue weighted by atomic mass is 32.2. The summed E-state index contributed by atoms with van der Waals surface area (Å²) in [6, 6.07) is 0.0637. The molecule has 0 aromatic rings. The maximum absolute atomic E-state index is 11.5. The van der Waals surface area contributed by atoms with Crippen molar-refractivity contribution < 1.29 is 8.42 Å². The van der Waals surface area contributed by atoms with Crippen LogP contribution < -0.4 is 5.32 Å². The van der Waals surface area contributed by atoms with E-state index in [4.69, 9.17) is 0 Å². The Morgan fingerprint density at radius 3 is 2.08 bits per heavy atom. The maximum Gasteiger partial charge on any atom is 0.152 e. The summed E-state index contributed by atoms with van der Waals surface area (Å²) in [5.74, 6) is 0.765. The highest BCUT2D eigenvalue weighted by Gasteiger charge is 2.16. The van der Waals surface area contributed by atoms with E-state index in [1.54, 1.807) is 0 Å². The summed E-state index contributed by atoms with van der Waals surface area (Å²) < 4.78 is 23.0. The molecule has 0 radical (unpaired) electrons. The standard InChI is InChI=1S/C9H21NO2S/c1-5-10-9(4)7-13(11,12)6-8(2)3/h8-10H,5-7H2,1-4H3. The van der Waals surface area contributed by atoms with Gasteiger partial charge in [0.1, 0.15) is 0 Å². The van der Waals surface area contributed by atoms with Crippen LogP contribution in [0.4, 0.5) is 0 Å². The van der Waals surface area contributed by atoms with Crippen LogP contribution in [0, 0.1) is 5.92 Å². The van der Waals surface area contributed by atoms with Crippen LogP contribution in [0.5, 0.6) is 0 Å². The van der Waals surface area contributed by atoms with Gasteiger partial charge in [-0.2, -0.15) is 0 Å². The normalized spacial score (nSPS) is 14.8. The Kier molecular flexibility index (Phi) is 5.56. The zero-order valence-electron chi connectivity index (χ0n) is 9.00. The first-order valence-electron chi connectivity index (χ1n) is 4.81. The van der Waals surface area contributed by atoms with Crippen LogP contribution in [-0.4, -0.2) is 32.5 Å². The number of sulfone groups is 1. The number of nitrogens with one attached hydrogen (secondary N) is 1. The molecule has 0 saturated carbocycles. The Bertz CT molecular complexity index is 222. The summed E-state index contributed by atoms with van der Waals surface area (Å²) in [6.07, 6.45) is 0. The molecule has 0 aliphatic heterocycles. The van der Waals surface area contributed by atoms with Crippen LogP contribution in [-0.2, 0) is 9.84 Å². The SMILES string of the molecule is CCNC(C)CS(=O)(=O)CC(C)C. The van der Waals surface area contributed by atoms with Gasteiger partial charge in [0, 0.05) is 6.04 Å². The number of rotatable bonds is 6. The monoisotopic (exact) mass is 207 g/mol. The third kappa shape index (κ3) is 7.02. The average molecular weight is 207 g/mol. The van der Waals surface area contributed by atoms with Crippen LogP contribution in [0.2, 0.25) is 0 Å². The van der Waals surface area contributed by atoms with Crippen molar-refractivity contribution >= 4 is 9.84 Å². The van der Waals surface area contributed by atoms with Gasteiger partial charge in [0.25, 0.3) is 0 Å². The van der Waals surface area contributed by atoms with Crippen molar-refractivity contribution in [3.63, 3.8) is 0 Å². The minimum atomic E-state index is -2.86. The molecule has 13 heavy (non-hydrogen) atoms. The van der Waals surface area contributed by atoms with E-state index in [0.717, 1.165) is 6.54 Å². The molecule has 0 heterocycles. The molecule has 0 aliphatic rings. The van der Waals surface area contributed by atoms with Crippen molar-refractivity contribution in [3.8, 4) is 0 Å². The molecule has 80 valence electrons. The third-order valence-corrected chi connectivity index (χ3v) is 3.83. The van der Waals surface area contributed by atoms with Gasteiger partial charge < -0.3 is 5.32 Å². The van der Waals surface area contributed by atoms with Gasteiger partial charge in [-0.15, -0.1) is 0 Å². The first kappa shape index (κ1) is 12.9. The maximum atomic E-state index is 11.5. The first-order chi connectivity index (χ1) is 5.87. The Morgan fingerprint density at radius 2 is 1.69 bits per heavy atom. The van der Waals surface area contributed by atoms with Crippen molar-refractivity contribution in [3.05, 3.63) is 0 Å². The van der Waals surface area contributed by atoms with Crippen LogP contribution >= 0.6 is 0 Å². The molecule has 0 aromatic heterocycles. The van der Waals surface area contributed by atoms with E-state index in [1.807, 2.05) is 27.7 Å². The molecule has 1 atom stereocenters. The second kappa shape index (κ2) is 5.60. The lowest BCUT2D eigenvalue weighted by Gasteiger charge is -2.13. The van der Waals surface area contributed by atoms with Crippen molar-refractivity contribution in [1.82, 2.24) is 5.32 Å². The van der Waals surface area contributed by atoms with Crippen molar-refractivity contribution in [2.24, 2.45) is 5.92 Å². The van der Waals surface area contributed by atoms with Crippen LogP contribution in [0.25, 0.3) is 0 Å². The Labute approximate surface area is 81.8 Å². The summed E-state index contributed by atoms with van der Waals surface area (Å²) >= 11 is 0. The van der Waals surface area contributed by atoms with Gasteiger partial charge >= 0.3 is 0 Å². The predicted molar refractivity (Wildman–Crippen MR) is 56.6 cm³/mol. The van der Waals surface area contributed by atoms with Crippen molar-refractivity contribution in [1.29, 1.82) is 0 Å². The van der Waals surface area contributed by atoms with Gasteiger partial charge in [0.05, 0.1) is 11.5 Å². The molecule has 3 nitrogen and oxygen atoms in total. The van der Waals surface area contributed by atoms with Crippen LogP contribution in [0.15, 0.2) is 0 Å². The molecule has 0 saturated heterocycles. The van der Waals surface area contributed by atoms with Crippen LogP contribution in [0.1, 0.15) is 27.7 Å². The first-order valence-corrected chi connectivity index (χ1v) is 6.63. The highest BCUT2D eigenvalue weighted by Crippen LogP contribution is 2.02. The fourth-order valence-electron chi connectivity index (χ4n) is 1.36. The van der Waals surface area contributed by atoms with Gasteiger partial charge in [-0.25, -0.2) is 8.42 Å². The summed E-state index contributed by atoms with van der Waals surface area (Å²) in [5, 5.41) is 3.10. The van der Waals surface area contributed by atoms with Crippen molar-refractivity contribution in [2.45, 2.75) is 33.7 Å². The van der Waals surface area contributed by atoms with E-state index in [-0.39, 0.29) is 17.7 Å². The largest absolute Gasteiger partial charge is 0.314 e. The Morgan fingerprint density at radius 1 is 1.15 bits per heavy atom. The molecule has 0 rings (SSSR count). The summed E-state index contributed by atoms with van der Waals surface area (Å²) in [5.41, 5.74) is 0. The molecule has 0 aromatic carbocycles. The number of hydrogen-bond acceptors (Lipinski definition) is 3. The molecule has 0 fully saturated rings. The summed E-state index contributed by atoms with van der Waals surface area (Å²) in [6.45, 7) is 8.55. The van der Waals surface area contributed by atoms with E-state index in [0.29, 0.717) is 5.75 Å². The van der Waals surface area contributed by atoms with E-state index < -0.39 is 9.84 Å². The molecular formula is C9H21NO2S. The zero-order chi connectivity index (χ0) is 10.5. The Balaban J connectivity index is 4.02. The van der Waals surface area contributed by atoms with E-state index >= 15 is 0 Å². The quantitative estimate of drug-likeness (QED) is 0.708. The third-order valence-electron chi connectivity index (χ3n) is 1.64. The molecule has 0 aliphatic carbocycles. The summed E-state index contributed by atoms with van der Waals surface area (Å²) in [7, 11) is -2.86. The Hall–Kier alpha value is -0.0900. The van der Waals surface area contributed by atoms with E-state index in [1.165, 1.54) is 0 Å².